The highest BCUT2D eigenvalue weighted by Gasteiger charge is 2.26. The quantitative estimate of drug-likeness (QED) is 0.874. The van der Waals surface area contributed by atoms with Crippen LogP contribution < -0.4 is 5.32 Å². The molecular formula is C14H15N5O. The molecule has 2 unspecified atom stereocenters. The van der Waals surface area contributed by atoms with Crippen LogP contribution in [0.5, 0.6) is 0 Å². The minimum absolute atomic E-state index is 0.311. The van der Waals surface area contributed by atoms with E-state index in [9.17, 15) is 0 Å². The van der Waals surface area contributed by atoms with Gasteiger partial charge in [0.2, 0.25) is 5.95 Å². The topological polar surface area (TPSA) is 64.9 Å². The molecule has 1 N–H and O–H groups in total. The van der Waals surface area contributed by atoms with Gasteiger partial charge in [0.15, 0.2) is 0 Å². The van der Waals surface area contributed by atoms with Gasteiger partial charge in [0.05, 0.1) is 13.2 Å². The summed E-state index contributed by atoms with van der Waals surface area (Å²) < 4.78 is 7.33. The fourth-order valence-corrected chi connectivity index (χ4v) is 2.74. The smallest absolute Gasteiger partial charge is 0.234 e. The van der Waals surface area contributed by atoms with Gasteiger partial charge in [-0.1, -0.05) is 6.08 Å². The molecule has 0 spiro atoms. The average Bonchev–Trinajstić information content (AvgIpc) is 3.01. The van der Waals surface area contributed by atoms with Gasteiger partial charge < -0.3 is 10.1 Å². The fraction of sp³-hybridized carbons (Fsp3) is 0.357. The molecule has 0 aromatic carbocycles. The number of hydrogen-bond acceptors (Lipinski definition) is 5. The lowest BCUT2D eigenvalue weighted by atomic mass is 9.93. The van der Waals surface area contributed by atoms with E-state index in [2.05, 4.69) is 26.3 Å². The van der Waals surface area contributed by atoms with Crippen molar-refractivity contribution in [2.75, 3.05) is 13.2 Å². The maximum Gasteiger partial charge on any atom is 0.234 e. The van der Waals surface area contributed by atoms with E-state index >= 15 is 0 Å². The predicted octanol–water partition coefficient (Wildman–Crippen LogP) is 0.806. The number of nitrogens with zero attached hydrogens (tertiary/aromatic N) is 4. The van der Waals surface area contributed by atoms with Crippen LogP contribution in [0.2, 0.25) is 0 Å². The molecule has 6 nitrogen and oxygen atoms in total. The van der Waals surface area contributed by atoms with Gasteiger partial charge in [-0.15, -0.1) is 0 Å². The third-order valence-electron chi connectivity index (χ3n) is 3.68. The highest BCUT2D eigenvalue weighted by molar-refractivity contribution is 5.66. The first-order chi connectivity index (χ1) is 9.88. The molecule has 20 heavy (non-hydrogen) atoms. The van der Waals surface area contributed by atoms with E-state index in [1.807, 2.05) is 18.6 Å². The molecule has 0 aliphatic carbocycles. The third-order valence-corrected chi connectivity index (χ3v) is 3.68. The molecule has 4 rings (SSSR count). The zero-order valence-electron chi connectivity index (χ0n) is 10.9. The summed E-state index contributed by atoms with van der Waals surface area (Å²) in [5.74, 6) is 0.643. The van der Waals surface area contributed by atoms with Crippen LogP contribution in [0.15, 0.2) is 37.2 Å². The van der Waals surface area contributed by atoms with Crippen molar-refractivity contribution in [2.24, 2.45) is 0 Å². The van der Waals surface area contributed by atoms with Crippen molar-refractivity contribution in [1.82, 2.24) is 24.8 Å². The molecule has 2 atom stereocenters. The number of morpholine rings is 1. The van der Waals surface area contributed by atoms with Crippen LogP contribution in [0, 0.1) is 0 Å². The van der Waals surface area contributed by atoms with Crippen LogP contribution in [0.25, 0.3) is 11.5 Å². The van der Waals surface area contributed by atoms with E-state index in [4.69, 9.17) is 4.74 Å². The number of nitrogens with one attached hydrogen (secondary N) is 1. The highest BCUT2D eigenvalue weighted by atomic mass is 16.5. The zero-order chi connectivity index (χ0) is 13.4. The van der Waals surface area contributed by atoms with Crippen molar-refractivity contribution < 1.29 is 4.74 Å². The van der Waals surface area contributed by atoms with Crippen molar-refractivity contribution in [3.63, 3.8) is 0 Å². The van der Waals surface area contributed by atoms with Crippen LogP contribution in [0.1, 0.15) is 12.0 Å². The lowest BCUT2D eigenvalue weighted by Crippen LogP contribution is -2.50. The standard InChI is InChI=1S/C14H15N5O/c1-2-19(9-15-1)14-16-5-11(6-17-14)10-3-12-7-20-8-13(4-10)18-12/h1-3,5-6,9,12-13,18H,4,7-8H2. The number of rotatable bonds is 2. The maximum atomic E-state index is 5.54. The third kappa shape index (κ3) is 2.13. The second-order valence-corrected chi connectivity index (χ2v) is 5.15. The SMILES string of the molecule is C1=C(c2cnc(-n3ccnc3)nc2)CC2COCC1N2. The summed E-state index contributed by atoms with van der Waals surface area (Å²) in [4.78, 5) is 12.8. The molecule has 4 heterocycles. The van der Waals surface area contributed by atoms with Crippen LogP contribution in [0.3, 0.4) is 0 Å². The highest BCUT2D eigenvalue weighted by Crippen LogP contribution is 2.26. The van der Waals surface area contributed by atoms with Crippen molar-refractivity contribution in [3.8, 4) is 5.95 Å². The van der Waals surface area contributed by atoms with Crippen LogP contribution >= 0.6 is 0 Å². The van der Waals surface area contributed by atoms with Crippen molar-refractivity contribution in [2.45, 2.75) is 18.5 Å². The van der Waals surface area contributed by atoms with Gasteiger partial charge in [-0.3, -0.25) is 4.57 Å². The minimum atomic E-state index is 0.311. The molecule has 0 amide bonds. The Labute approximate surface area is 116 Å². The fourth-order valence-electron chi connectivity index (χ4n) is 2.74. The number of hydrogen-bond donors (Lipinski definition) is 1. The summed E-state index contributed by atoms with van der Waals surface area (Å²) in [6.45, 7) is 1.52. The van der Waals surface area contributed by atoms with E-state index in [1.165, 1.54) is 5.57 Å². The summed E-state index contributed by atoms with van der Waals surface area (Å²) in [6.07, 6.45) is 12.2. The lowest BCUT2D eigenvalue weighted by Gasteiger charge is -2.34. The molecule has 0 saturated carbocycles. The Balaban J connectivity index is 1.61. The van der Waals surface area contributed by atoms with Gasteiger partial charge in [-0.25, -0.2) is 15.0 Å². The summed E-state index contributed by atoms with van der Waals surface area (Å²) in [5.41, 5.74) is 2.39. The Morgan fingerprint density at radius 2 is 2.15 bits per heavy atom. The van der Waals surface area contributed by atoms with E-state index in [0.717, 1.165) is 25.2 Å². The van der Waals surface area contributed by atoms with Gasteiger partial charge in [0.1, 0.15) is 6.33 Å². The summed E-state index contributed by atoms with van der Waals surface area (Å²) >= 11 is 0. The molecular weight excluding hydrogens is 254 g/mol. The van der Waals surface area contributed by atoms with Gasteiger partial charge in [-0.2, -0.15) is 0 Å². The number of fused-ring (bicyclic) bond motifs is 2. The van der Waals surface area contributed by atoms with Crippen molar-refractivity contribution >= 4 is 5.57 Å². The Bertz CT molecular complexity index is 620. The van der Waals surface area contributed by atoms with E-state index in [0.29, 0.717) is 18.0 Å². The minimum Gasteiger partial charge on any atom is -0.378 e. The molecule has 1 saturated heterocycles. The Kier molecular flexibility index (Phi) is 2.82. The number of ether oxygens (including phenoxy) is 1. The Morgan fingerprint density at radius 3 is 2.90 bits per heavy atom. The van der Waals surface area contributed by atoms with Gasteiger partial charge in [0.25, 0.3) is 0 Å². The van der Waals surface area contributed by atoms with E-state index < -0.39 is 0 Å². The monoisotopic (exact) mass is 269 g/mol. The maximum absolute atomic E-state index is 5.54. The lowest BCUT2D eigenvalue weighted by molar-refractivity contribution is 0.0561. The Hall–Kier alpha value is -2.05. The van der Waals surface area contributed by atoms with Crippen molar-refractivity contribution in [3.05, 3.63) is 42.8 Å². The van der Waals surface area contributed by atoms with Crippen molar-refractivity contribution in [1.29, 1.82) is 0 Å². The van der Waals surface area contributed by atoms with Gasteiger partial charge >= 0.3 is 0 Å². The number of aromatic nitrogens is 4. The first kappa shape index (κ1) is 11.7. The van der Waals surface area contributed by atoms with Crippen LogP contribution in [-0.2, 0) is 4.74 Å². The molecule has 2 aliphatic rings. The molecule has 1 fully saturated rings. The molecule has 2 bridgehead atoms. The first-order valence-corrected chi connectivity index (χ1v) is 6.74. The second-order valence-electron chi connectivity index (χ2n) is 5.15. The molecule has 6 heteroatoms. The summed E-state index contributed by atoms with van der Waals surface area (Å²) in [6, 6.07) is 0.716. The van der Waals surface area contributed by atoms with Crippen LogP contribution in [-0.4, -0.2) is 44.8 Å². The van der Waals surface area contributed by atoms with E-state index in [1.54, 1.807) is 17.1 Å². The average molecular weight is 269 g/mol. The first-order valence-electron chi connectivity index (χ1n) is 6.74. The largest absolute Gasteiger partial charge is 0.378 e. The van der Waals surface area contributed by atoms with Gasteiger partial charge in [0, 0.05) is 42.4 Å². The summed E-state index contributed by atoms with van der Waals surface area (Å²) in [7, 11) is 0. The second kappa shape index (κ2) is 4.81. The van der Waals surface area contributed by atoms with Crippen LogP contribution in [0.4, 0.5) is 0 Å². The molecule has 2 aliphatic heterocycles. The molecule has 2 aromatic rings. The van der Waals surface area contributed by atoms with Gasteiger partial charge in [-0.05, 0) is 12.0 Å². The number of imidazole rings is 1. The van der Waals surface area contributed by atoms with E-state index in [-0.39, 0.29) is 0 Å². The zero-order valence-corrected chi connectivity index (χ0v) is 10.9. The molecule has 0 radical (unpaired) electrons. The summed E-state index contributed by atoms with van der Waals surface area (Å²) in [5, 5.41) is 3.53. The predicted molar refractivity (Wildman–Crippen MR) is 73.3 cm³/mol. The normalized spacial score (nSPS) is 25.3. The molecule has 2 aromatic heterocycles. The Morgan fingerprint density at radius 1 is 1.25 bits per heavy atom. The molecule has 102 valence electrons.